The zero-order chi connectivity index (χ0) is 12.7. The first-order valence-corrected chi connectivity index (χ1v) is 5.52. The number of ether oxygens (including phenoxy) is 2. The second-order valence-electron chi connectivity index (χ2n) is 3.60. The van der Waals surface area contributed by atoms with Crippen LogP contribution in [-0.4, -0.2) is 19.3 Å². The molecule has 1 N–H and O–H groups in total. The van der Waals surface area contributed by atoms with Crippen LogP contribution in [-0.2, 0) is 0 Å². The first-order valence-electron chi connectivity index (χ1n) is 5.52. The van der Waals surface area contributed by atoms with Crippen molar-refractivity contribution in [1.82, 2.24) is 0 Å². The summed E-state index contributed by atoms with van der Waals surface area (Å²) in [5, 5.41) is 9.97. The Balaban J connectivity index is 2.79. The minimum absolute atomic E-state index is 0.518. The summed E-state index contributed by atoms with van der Waals surface area (Å²) in [7, 11) is 3.17. The number of aliphatic hydroxyl groups is 1. The number of methoxy groups -OCH3 is 2. The van der Waals surface area contributed by atoms with Crippen LogP contribution in [0.2, 0.25) is 0 Å². The van der Waals surface area contributed by atoms with Gasteiger partial charge in [-0.2, -0.15) is 0 Å². The van der Waals surface area contributed by atoms with Gasteiger partial charge in [0.25, 0.3) is 0 Å². The van der Waals surface area contributed by atoms with Crippen molar-refractivity contribution in [2.75, 3.05) is 14.2 Å². The van der Waals surface area contributed by atoms with E-state index < -0.39 is 6.10 Å². The van der Waals surface area contributed by atoms with Crippen LogP contribution in [0.5, 0.6) is 11.5 Å². The van der Waals surface area contributed by atoms with Gasteiger partial charge in [0.15, 0.2) is 11.5 Å². The second-order valence-corrected chi connectivity index (χ2v) is 3.60. The Morgan fingerprint density at radius 3 is 2.53 bits per heavy atom. The molecular weight excluding hydrogens is 216 g/mol. The minimum atomic E-state index is -0.518. The molecule has 0 bridgehead atoms. The van der Waals surface area contributed by atoms with Gasteiger partial charge < -0.3 is 14.6 Å². The molecule has 0 amide bonds. The fraction of sp³-hybridized carbons (Fsp3) is 0.429. The van der Waals surface area contributed by atoms with Crippen molar-refractivity contribution in [2.24, 2.45) is 0 Å². The van der Waals surface area contributed by atoms with E-state index in [9.17, 15) is 5.11 Å². The Labute approximate surface area is 102 Å². The van der Waals surface area contributed by atoms with Crippen molar-refractivity contribution >= 4 is 0 Å². The summed E-state index contributed by atoms with van der Waals surface area (Å²) >= 11 is 0. The Morgan fingerprint density at radius 2 is 1.94 bits per heavy atom. The minimum Gasteiger partial charge on any atom is -0.493 e. The van der Waals surface area contributed by atoms with Gasteiger partial charge >= 0.3 is 0 Å². The molecule has 0 aliphatic heterocycles. The van der Waals surface area contributed by atoms with E-state index in [0.29, 0.717) is 24.3 Å². The van der Waals surface area contributed by atoms with Gasteiger partial charge in [-0.3, -0.25) is 0 Å². The average molecular weight is 234 g/mol. The monoisotopic (exact) mass is 234 g/mol. The lowest BCUT2D eigenvalue weighted by atomic mass is 10.0. The zero-order valence-electron chi connectivity index (χ0n) is 10.5. The predicted molar refractivity (Wildman–Crippen MR) is 67.2 cm³/mol. The molecule has 0 spiro atoms. The summed E-state index contributed by atoms with van der Waals surface area (Å²) < 4.78 is 10.3. The van der Waals surface area contributed by atoms with Gasteiger partial charge in [0.2, 0.25) is 0 Å². The summed E-state index contributed by atoms with van der Waals surface area (Å²) in [5.41, 5.74) is 0.820. The molecule has 3 nitrogen and oxygen atoms in total. The molecule has 1 unspecified atom stereocenters. The SMILES string of the molecule is CC#CCCC(O)c1ccc(OC)c(OC)c1. The predicted octanol–water partition coefficient (Wildman–Crippen LogP) is 2.54. The fourth-order valence-electron chi connectivity index (χ4n) is 1.56. The Morgan fingerprint density at radius 1 is 1.24 bits per heavy atom. The van der Waals surface area contributed by atoms with Gasteiger partial charge in [0.05, 0.1) is 20.3 Å². The van der Waals surface area contributed by atoms with Crippen LogP contribution in [0.25, 0.3) is 0 Å². The maximum absolute atomic E-state index is 9.97. The van der Waals surface area contributed by atoms with Gasteiger partial charge in [0.1, 0.15) is 0 Å². The number of benzene rings is 1. The molecule has 0 aliphatic carbocycles. The molecular formula is C14H18O3. The van der Waals surface area contributed by atoms with Crippen LogP contribution < -0.4 is 9.47 Å². The highest BCUT2D eigenvalue weighted by Crippen LogP contribution is 2.31. The van der Waals surface area contributed by atoms with Crippen molar-refractivity contribution in [2.45, 2.75) is 25.9 Å². The topological polar surface area (TPSA) is 38.7 Å². The van der Waals surface area contributed by atoms with Crippen LogP contribution in [0.4, 0.5) is 0 Å². The molecule has 0 radical (unpaired) electrons. The van der Waals surface area contributed by atoms with Crippen molar-refractivity contribution in [1.29, 1.82) is 0 Å². The van der Waals surface area contributed by atoms with Crippen molar-refractivity contribution in [3.63, 3.8) is 0 Å². The lowest BCUT2D eigenvalue weighted by Gasteiger charge is -2.13. The number of aliphatic hydroxyl groups excluding tert-OH is 1. The smallest absolute Gasteiger partial charge is 0.161 e. The van der Waals surface area contributed by atoms with E-state index in [1.165, 1.54) is 0 Å². The van der Waals surface area contributed by atoms with Crippen LogP contribution in [0, 0.1) is 11.8 Å². The Hall–Kier alpha value is -1.66. The maximum atomic E-state index is 9.97. The summed E-state index contributed by atoms with van der Waals surface area (Å²) in [6, 6.07) is 5.43. The van der Waals surface area contributed by atoms with Gasteiger partial charge in [-0.15, -0.1) is 11.8 Å². The molecule has 1 atom stereocenters. The molecule has 3 heteroatoms. The van der Waals surface area contributed by atoms with E-state index in [1.54, 1.807) is 33.3 Å². The van der Waals surface area contributed by atoms with E-state index >= 15 is 0 Å². The Kier molecular flexibility index (Phi) is 5.38. The number of hydrogen-bond acceptors (Lipinski definition) is 3. The molecule has 92 valence electrons. The van der Waals surface area contributed by atoms with Gasteiger partial charge in [0, 0.05) is 6.42 Å². The first-order chi connectivity index (χ1) is 8.22. The fourth-order valence-corrected chi connectivity index (χ4v) is 1.56. The average Bonchev–Trinajstić information content (AvgIpc) is 2.38. The van der Waals surface area contributed by atoms with Crippen LogP contribution in [0.15, 0.2) is 18.2 Å². The number of hydrogen-bond donors (Lipinski definition) is 1. The highest BCUT2D eigenvalue weighted by atomic mass is 16.5. The summed E-state index contributed by atoms with van der Waals surface area (Å²) in [5.74, 6) is 7.04. The second kappa shape index (κ2) is 6.82. The molecule has 17 heavy (non-hydrogen) atoms. The van der Waals surface area contributed by atoms with Crippen LogP contribution in [0.3, 0.4) is 0 Å². The molecule has 1 aromatic carbocycles. The van der Waals surface area contributed by atoms with E-state index in [2.05, 4.69) is 11.8 Å². The third-order valence-electron chi connectivity index (χ3n) is 2.51. The lowest BCUT2D eigenvalue weighted by molar-refractivity contribution is 0.169. The normalized spacial score (nSPS) is 11.3. The van der Waals surface area contributed by atoms with Gasteiger partial charge in [-0.1, -0.05) is 6.07 Å². The third kappa shape index (κ3) is 3.69. The van der Waals surface area contributed by atoms with Gasteiger partial charge in [-0.05, 0) is 31.0 Å². The highest BCUT2D eigenvalue weighted by molar-refractivity contribution is 5.43. The van der Waals surface area contributed by atoms with Gasteiger partial charge in [-0.25, -0.2) is 0 Å². The summed E-state index contributed by atoms with van der Waals surface area (Å²) in [6.07, 6.45) is 0.790. The van der Waals surface area contributed by atoms with Crippen molar-refractivity contribution in [3.05, 3.63) is 23.8 Å². The lowest BCUT2D eigenvalue weighted by Crippen LogP contribution is -1.99. The maximum Gasteiger partial charge on any atom is 0.161 e. The Bertz CT molecular complexity index is 415. The van der Waals surface area contributed by atoms with E-state index in [0.717, 1.165) is 5.56 Å². The zero-order valence-corrected chi connectivity index (χ0v) is 10.5. The standard InChI is InChI=1S/C14H18O3/c1-4-5-6-7-12(15)11-8-9-13(16-2)14(10-11)17-3/h8-10,12,15H,6-7H2,1-3H3. The molecule has 1 aromatic rings. The molecule has 0 saturated heterocycles. The number of rotatable bonds is 5. The van der Waals surface area contributed by atoms with Crippen LogP contribution >= 0.6 is 0 Å². The molecule has 0 aromatic heterocycles. The van der Waals surface area contributed by atoms with Crippen molar-refractivity contribution < 1.29 is 14.6 Å². The first kappa shape index (κ1) is 13.4. The highest BCUT2D eigenvalue weighted by Gasteiger charge is 2.10. The van der Waals surface area contributed by atoms with E-state index in [4.69, 9.17) is 9.47 Å². The third-order valence-corrected chi connectivity index (χ3v) is 2.51. The molecule has 0 saturated carbocycles. The molecule has 0 aliphatic rings. The van der Waals surface area contributed by atoms with Crippen LogP contribution in [0.1, 0.15) is 31.4 Å². The quantitative estimate of drug-likeness (QED) is 0.796. The van der Waals surface area contributed by atoms with E-state index in [-0.39, 0.29) is 0 Å². The largest absolute Gasteiger partial charge is 0.493 e. The summed E-state index contributed by atoms with van der Waals surface area (Å²) in [6.45, 7) is 1.79. The molecule has 0 fully saturated rings. The van der Waals surface area contributed by atoms with E-state index in [1.807, 2.05) is 6.07 Å². The summed E-state index contributed by atoms with van der Waals surface area (Å²) in [4.78, 5) is 0. The molecule has 0 heterocycles. The van der Waals surface area contributed by atoms with Crippen molar-refractivity contribution in [3.8, 4) is 23.3 Å². The molecule has 1 rings (SSSR count).